The van der Waals surface area contributed by atoms with Crippen LogP contribution in [-0.4, -0.2) is 46.4 Å². The molecule has 0 N–H and O–H groups in total. The number of aryl methyl sites for hydroxylation is 1. The van der Waals surface area contributed by atoms with Crippen molar-refractivity contribution < 1.29 is 12.8 Å². The highest BCUT2D eigenvalue weighted by atomic mass is 32.2. The Balaban J connectivity index is 1.66. The Labute approximate surface area is 199 Å². The lowest BCUT2D eigenvalue weighted by Gasteiger charge is -2.30. The lowest BCUT2D eigenvalue weighted by atomic mass is 10.1. The predicted octanol–water partition coefficient (Wildman–Crippen LogP) is 6.60. The van der Waals surface area contributed by atoms with E-state index < -0.39 is 22.9 Å². The van der Waals surface area contributed by atoms with Crippen LogP contribution in [0.4, 0.5) is 5.69 Å². The molecule has 1 unspecified atom stereocenters. The Morgan fingerprint density at radius 2 is 1.62 bits per heavy atom. The molecule has 4 nitrogen and oxygen atoms in total. The second kappa shape index (κ2) is 11.5. The van der Waals surface area contributed by atoms with E-state index in [1.807, 2.05) is 0 Å². The molecule has 32 heavy (non-hydrogen) atoms. The van der Waals surface area contributed by atoms with Crippen molar-refractivity contribution >= 4 is 23.8 Å². The van der Waals surface area contributed by atoms with Crippen molar-refractivity contribution in [1.82, 2.24) is 0 Å². The van der Waals surface area contributed by atoms with Crippen LogP contribution >= 0.6 is 0 Å². The molecule has 2 rings (SSSR count). The van der Waals surface area contributed by atoms with E-state index in [0.717, 1.165) is 51.6 Å². The summed E-state index contributed by atoms with van der Waals surface area (Å²) in [6, 6.07) is 9.07. The van der Waals surface area contributed by atoms with Crippen LogP contribution in [0.3, 0.4) is 0 Å². The standard InChI is InChI=1S/C26H47NO3SSi/c1-22(2)32(6,7)30-25-18-19-27(21-25)24-16-14-23(15-17-24)13-11-9-8-10-12-20-31(28,29)26(3,4)5/h14-17,22,25H,8-13,18-21H2,1-7H3. The fourth-order valence-electron chi connectivity index (χ4n) is 3.96. The van der Waals surface area contributed by atoms with Gasteiger partial charge < -0.3 is 9.33 Å². The summed E-state index contributed by atoms with van der Waals surface area (Å²) < 4.78 is 30.2. The number of nitrogens with zero attached hydrogens (tertiary/aromatic N) is 1. The minimum absolute atomic E-state index is 0.317. The summed E-state index contributed by atoms with van der Waals surface area (Å²) in [7, 11) is -4.56. The van der Waals surface area contributed by atoms with E-state index >= 15 is 0 Å². The van der Waals surface area contributed by atoms with Gasteiger partial charge in [-0.15, -0.1) is 0 Å². The maximum Gasteiger partial charge on any atom is 0.189 e. The summed E-state index contributed by atoms with van der Waals surface area (Å²) in [5.41, 5.74) is 3.35. The first kappa shape index (κ1) is 27.4. The molecule has 1 aliphatic heterocycles. The van der Waals surface area contributed by atoms with E-state index in [1.165, 1.54) is 17.7 Å². The van der Waals surface area contributed by atoms with Crippen LogP contribution in [0, 0.1) is 0 Å². The molecule has 0 spiro atoms. The van der Waals surface area contributed by atoms with E-state index in [2.05, 4.69) is 56.1 Å². The number of hydrogen-bond acceptors (Lipinski definition) is 4. The Morgan fingerprint density at radius 3 is 2.22 bits per heavy atom. The van der Waals surface area contributed by atoms with Crippen LogP contribution in [0.2, 0.25) is 18.6 Å². The summed E-state index contributed by atoms with van der Waals surface area (Å²) in [5.74, 6) is 0.317. The molecule has 0 bridgehead atoms. The average molecular weight is 482 g/mol. The van der Waals surface area contributed by atoms with Gasteiger partial charge in [0.15, 0.2) is 18.2 Å². The number of sulfone groups is 1. The fourth-order valence-corrected chi connectivity index (χ4v) is 6.48. The van der Waals surface area contributed by atoms with Crippen LogP contribution in [-0.2, 0) is 20.7 Å². The first-order chi connectivity index (χ1) is 14.8. The van der Waals surface area contributed by atoms with E-state index in [9.17, 15) is 8.42 Å². The van der Waals surface area contributed by atoms with Gasteiger partial charge in [0, 0.05) is 18.8 Å². The molecule has 0 aromatic heterocycles. The fraction of sp³-hybridized carbons (Fsp3) is 0.769. The van der Waals surface area contributed by atoms with Gasteiger partial charge in [0.25, 0.3) is 0 Å². The van der Waals surface area contributed by atoms with Crippen molar-refractivity contribution in [3.8, 4) is 0 Å². The van der Waals surface area contributed by atoms with E-state index in [0.29, 0.717) is 17.4 Å². The summed E-state index contributed by atoms with van der Waals surface area (Å²) in [4.78, 5) is 2.46. The first-order valence-corrected chi connectivity index (χ1v) is 17.2. The summed E-state index contributed by atoms with van der Waals surface area (Å²) in [6.07, 6.45) is 7.83. The van der Waals surface area contributed by atoms with Crippen LogP contribution in [0.15, 0.2) is 24.3 Å². The van der Waals surface area contributed by atoms with Crippen molar-refractivity contribution in [2.75, 3.05) is 23.7 Å². The smallest absolute Gasteiger partial charge is 0.189 e. The van der Waals surface area contributed by atoms with Gasteiger partial charge in [0.2, 0.25) is 0 Å². The number of benzene rings is 1. The van der Waals surface area contributed by atoms with Crippen molar-refractivity contribution in [3.05, 3.63) is 29.8 Å². The lowest BCUT2D eigenvalue weighted by molar-refractivity contribution is 0.210. The molecule has 0 amide bonds. The normalized spacial score (nSPS) is 18.0. The molecule has 0 saturated carbocycles. The van der Waals surface area contributed by atoms with Crippen molar-refractivity contribution in [3.63, 3.8) is 0 Å². The number of hydrogen-bond donors (Lipinski definition) is 0. The molecule has 1 saturated heterocycles. The van der Waals surface area contributed by atoms with Gasteiger partial charge in [-0.2, -0.15) is 0 Å². The van der Waals surface area contributed by atoms with E-state index in [1.54, 1.807) is 20.8 Å². The quantitative estimate of drug-likeness (QED) is 0.249. The molecule has 1 aliphatic rings. The first-order valence-electron chi connectivity index (χ1n) is 12.6. The zero-order chi connectivity index (χ0) is 24.0. The minimum Gasteiger partial charge on any atom is -0.412 e. The molecular formula is C26H47NO3SSi. The number of rotatable bonds is 12. The van der Waals surface area contributed by atoms with Crippen LogP contribution in [0.1, 0.15) is 78.7 Å². The third-order valence-corrected chi connectivity index (χ3v) is 13.5. The van der Waals surface area contributed by atoms with E-state index in [-0.39, 0.29) is 0 Å². The maximum atomic E-state index is 12.1. The van der Waals surface area contributed by atoms with Crippen LogP contribution < -0.4 is 4.90 Å². The Hall–Kier alpha value is -0.853. The molecule has 1 atom stereocenters. The van der Waals surface area contributed by atoms with Crippen molar-refractivity contribution in [1.29, 1.82) is 0 Å². The third-order valence-electron chi connectivity index (χ3n) is 7.12. The van der Waals surface area contributed by atoms with Gasteiger partial charge in [-0.05, 0) is 82.8 Å². The summed E-state index contributed by atoms with van der Waals surface area (Å²) in [5, 5.41) is 0. The van der Waals surface area contributed by atoms with Crippen LogP contribution in [0.5, 0.6) is 0 Å². The molecule has 6 heteroatoms. The molecule has 184 valence electrons. The molecule has 1 aromatic rings. The molecular weight excluding hydrogens is 434 g/mol. The zero-order valence-corrected chi connectivity index (χ0v) is 23.4. The van der Waals surface area contributed by atoms with E-state index in [4.69, 9.17) is 4.43 Å². The summed E-state index contributed by atoms with van der Waals surface area (Å²) >= 11 is 0. The van der Waals surface area contributed by atoms with Gasteiger partial charge in [0.1, 0.15) is 0 Å². The van der Waals surface area contributed by atoms with Gasteiger partial charge in [-0.3, -0.25) is 0 Å². The average Bonchev–Trinajstić information content (AvgIpc) is 3.14. The molecule has 1 aromatic carbocycles. The monoisotopic (exact) mass is 481 g/mol. The topological polar surface area (TPSA) is 46.6 Å². The number of anilines is 1. The lowest BCUT2D eigenvalue weighted by Crippen LogP contribution is -2.39. The molecule has 1 heterocycles. The predicted molar refractivity (Wildman–Crippen MR) is 141 cm³/mol. The Kier molecular flexibility index (Phi) is 9.86. The van der Waals surface area contributed by atoms with Gasteiger partial charge in [0.05, 0.1) is 16.6 Å². The zero-order valence-electron chi connectivity index (χ0n) is 21.6. The second-order valence-electron chi connectivity index (χ2n) is 11.3. The van der Waals surface area contributed by atoms with Gasteiger partial charge in [-0.25, -0.2) is 8.42 Å². The molecule has 1 fully saturated rings. The Morgan fingerprint density at radius 1 is 1.03 bits per heavy atom. The highest BCUT2D eigenvalue weighted by Crippen LogP contribution is 2.28. The van der Waals surface area contributed by atoms with Crippen molar-refractivity contribution in [2.24, 2.45) is 0 Å². The minimum atomic E-state index is -2.97. The second-order valence-corrected chi connectivity index (χ2v) is 18.8. The highest BCUT2D eigenvalue weighted by molar-refractivity contribution is 7.92. The Bertz CT molecular complexity index is 797. The van der Waals surface area contributed by atoms with Gasteiger partial charge >= 0.3 is 0 Å². The third kappa shape index (κ3) is 8.18. The van der Waals surface area contributed by atoms with Crippen molar-refractivity contribution in [2.45, 2.75) is 109 Å². The summed E-state index contributed by atoms with van der Waals surface area (Å²) in [6.45, 7) is 16.7. The number of unbranched alkanes of at least 4 members (excludes halogenated alkanes) is 4. The van der Waals surface area contributed by atoms with Gasteiger partial charge in [-0.1, -0.05) is 45.2 Å². The maximum absolute atomic E-state index is 12.1. The molecule has 0 radical (unpaired) electrons. The molecule has 0 aliphatic carbocycles. The largest absolute Gasteiger partial charge is 0.412 e. The highest BCUT2D eigenvalue weighted by Gasteiger charge is 2.33. The van der Waals surface area contributed by atoms with Crippen LogP contribution in [0.25, 0.3) is 0 Å². The SMILES string of the molecule is CC(C)[Si](C)(C)OC1CCN(c2ccc(CCCCCCCS(=O)(=O)C(C)(C)C)cc2)C1.